The van der Waals surface area contributed by atoms with Crippen LogP contribution in [0.3, 0.4) is 0 Å². The number of hydrogen-bond donors (Lipinski definition) is 1. The van der Waals surface area contributed by atoms with Crippen molar-refractivity contribution in [3.63, 3.8) is 0 Å². The van der Waals surface area contributed by atoms with E-state index < -0.39 is 28.5 Å². The zero-order valence-corrected chi connectivity index (χ0v) is 16.1. The summed E-state index contributed by atoms with van der Waals surface area (Å²) in [6, 6.07) is 3.06. The number of aromatic nitrogens is 3. The smallest absolute Gasteiger partial charge is 0.375 e. The molecule has 1 aromatic carbocycles. The van der Waals surface area contributed by atoms with Gasteiger partial charge in [-0.25, -0.2) is 0 Å². The standard InChI is InChI=1S/C18H18F3N5O3/c1-17(2,3)24-11-12(14(28)13(11)27)26(4)8-10-6-5-9(7-22-10)15-23-16(29-25-15)18(19,20)21/h5-7,24H,8H2,1-4H3. The number of nitrogens with one attached hydrogen (secondary N) is 1. The van der Waals surface area contributed by atoms with Crippen molar-refractivity contribution in [1.29, 1.82) is 0 Å². The fourth-order valence-electron chi connectivity index (χ4n) is 2.66. The van der Waals surface area contributed by atoms with Gasteiger partial charge in [-0.05, 0) is 32.9 Å². The van der Waals surface area contributed by atoms with Crippen LogP contribution in [0.1, 0.15) is 32.4 Å². The monoisotopic (exact) mass is 409 g/mol. The van der Waals surface area contributed by atoms with E-state index in [1.807, 2.05) is 20.8 Å². The van der Waals surface area contributed by atoms with Crippen molar-refractivity contribution in [3.05, 3.63) is 50.4 Å². The van der Waals surface area contributed by atoms with Crippen molar-refractivity contribution in [2.75, 3.05) is 17.3 Å². The third-order valence-electron chi connectivity index (χ3n) is 3.92. The number of pyridine rings is 1. The average Bonchev–Trinajstić information content (AvgIpc) is 3.11. The normalized spacial score (nSPS) is 12.4. The van der Waals surface area contributed by atoms with E-state index in [-0.39, 0.29) is 29.3 Å². The molecule has 154 valence electrons. The zero-order chi connectivity index (χ0) is 21.6. The summed E-state index contributed by atoms with van der Waals surface area (Å²) in [7, 11) is 1.65. The first-order valence-electron chi connectivity index (χ1n) is 8.55. The molecule has 0 saturated heterocycles. The Balaban J connectivity index is 1.76. The molecule has 0 atom stereocenters. The van der Waals surface area contributed by atoms with Gasteiger partial charge in [-0.1, -0.05) is 5.16 Å². The predicted octanol–water partition coefficient (Wildman–Crippen LogP) is 2.59. The van der Waals surface area contributed by atoms with Crippen LogP contribution in [0, 0.1) is 0 Å². The molecule has 0 aliphatic carbocycles. The average molecular weight is 409 g/mol. The highest BCUT2D eigenvalue weighted by molar-refractivity contribution is 5.75. The summed E-state index contributed by atoms with van der Waals surface area (Å²) in [6.07, 6.45) is -3.41. The van der Waals surface area contributed by atoms with Crippen LogP contribution >= 0.6 is 0 Å². The first-order valence-corrected chi connectivity index (χ1v) is 8.55. The molecule has 0 unspecified atom stereocenters. The van der Waals surface area contributed by atoms with Gasteiger partial charge in [0, 0.05) is 24.3 Å². The van der Waals surface area contributed by atoms with Crippen molar-refractivity contribution >= 4 is 11.4 Å². The van der Waals surface area contributed by atoms with Crippen LogP contribution in [-0.2, 0) is 12.7 Å². The Morgan fingerprint density at radius 2 is 1.83 bits per heavy atom. The van der Waals surface area contributed by atoms with E-state index in [0.717, 1.165) is 0 Å². The van der Waals surface area contributed by atoms with Gasteiger partial charge in [-0.15, -0.1) is 0 Å². The quantitative estimate of drug-likeness (QED) is 0.642. The molecular weight excluding hydrogens is 391 g/mol. The fraction of sp³-hybridized carbons (Fsp3) is 0.389. The second-order valence-corrected chi connectivity index (χ2v) is 7.57. The van der Waals surface area contributed by atoms with Crippen LogP contribution in [0.4, 0.5) is 24.5 Å². The van der Waals surface area contributed by atoms with Crippen molar-refractivity contribution in [2.45, 2.75) is 39.0 Å². The predicted molar refractivity (Wildman–Crippen MR) is 99.4 cm³/mol. The maximum atomic E-state index is 12.6. The molecule has 0 spiro atoms. The molecule has 11 heteroatoms. The number of anilines is 2. The molecule has 29 heavy (non-hydrogen) atoms. The highest BCUT2D eigenvalue weighted by Gasteiger charge is 2.38. The van der Waals surface area contributed by atoms with Crippen molar-refractivity contribution < 1.29 is 17.7 Å². The van der Waals surface area contributed by atoms with Gasteiger partial charge in [-0.2, -0.15) is 18.2 Å². The van der Waals surface area contributed by atoms with E-state index in [2.05, 4.69) is 25.0 Å². The SMILES string of the molecule is CN(Cc1ccc(-c2noc(C(F)(F)F)n2)cn1)c1c(NC(C)(C)C)c(=O)c1=O. The van der Waals surface area contributed by atoms with Crippen LogP contribution < -0.4 is 21.1 Å². The van der Waals surface area contributed by atoms with Crippen molar-refractivity contribution in [3.8, 4) is 11.4 Å². The second kappa shape index (κ2) is 6.98. The first-order chi connectivity index (χ1) is 13.4. The molecule has 0 bridgehead atoms. The summed E-state index contributed by atoms with van der Waals surface area (Å²) in [5, 5.41) is 6.33. The Bertz CT molecular complexity index is 1090. The van der Waals surface area contributed by atoms with Gasteiger partial charge in [0.2, 0.25) is 5.82 Å². The third-order valence-corrected chi connectivity index (χ3v) is 3.92. The summed E-state index contributed by atoms with van der Waals surface area (Å²) >= 11 is 0. The van der Waals surface area contributed by atoms with Crippen molar-refractivity contribution in [1.82, 2.24) is 15.1 Å². The molecule has 0 aliphatic heterocycles. The molecule has 0 amide bonds. The summed E-state index contributed by atoms with van der Waals surface area (Å²) in [5.41, 5.74) is -0.232. The fourth-order valence-corrected chi connectivity index (χ4v) is 2.66. The lowest BCUT2D eigenvalue weighted by Crippen LogP contribution is -2.44. The van der Waals surface area contributed by atoms with Gasteiger partial charge in [0.25, 0.3) is 10.9 Å². The molecule has 3 rings (SSSR count). The van der Waals surface area contributed by atoms with Crippen LogP contribution in [0.2, 0.25) is 0 Å². The molecular formula is C18H18F3N5O3. The lowest BCUT2D eigenvalue weighted by molar-refractivity contribution is -0.159. The van der Waals surface area contributed by atoms with Gasteiger partial charge < -0.3 is 14.7 Å². The molecule has 0 saturated carbocycles. The maximum absolute atomic E-state index is 12.6. The van der Waals surface area contributed by atoms with E-state index in [4.69, 9.17) is 0 Å². The number of hydrogen-bond acceptors (Lipinski definition) is 8. The minimum atomic E-state index is -4.72. The molecule has 0 fully saturated rings. The highest BCUT2D eigenvalue weighted by atomic mass is 19.4. The molecule has 2 heterocycles. The van der Waals surface area contributed by atoms with Crippen molar-refractivity contribution in [2.24, 2.45) is 0 Å². The number of nitrogens with zero attached hydrogens (tertiary/aromatic N) is 4. The van der Waals surface area contributed by atoms with E-state index in [9.17, 15) is 22.8 Å². The Kier molecular flexibility index (Phi) is 4.93. The lowest BCUT2D eigenvalue weighted by atomic mass is 10.1. The van der Waals surface area contributed by atoms with E-state index in [1.54, 1.807) is 18.0 Å². The number of rotatable bonds is 5. The van der Waals surface area contributed by atoms with Gasteiger partial charge in [-0.3, -0.25) is 14.6 Å². The summed E-state index contributed by atoms with van der Waals surface area (Å²) in [6.45, 7) is 5.83. The Labute approximate surface area is 163 Å². The van der Waals surface area contributed by atoms with E-state index in [0.29, 0.717) is 5.69 Å². The number of alkyl halides is 3. The first kappa shape index (κ1) is 20.5. The van der Waals surface area contributed by atoms with Crippen LogP contribution in [0.5, 0.6) is 0 Å². The molecule has 1 N–H and O–H groups in total. The molecule has 3 aromatic rings. The lowest BCUT2D eigenvalue weighted by Gasteiger charge is -2.28. The van der Waals surface area contributed by atoms with Gasteiger partial charge in [0.1, 0.15) is 11.4 Å². The van der Waals surface area contributed by atoms with Crippen LogP contribution in [0.25, 0.3) is 11.4 Å². The molecule has 0 aliphatic rings. The summed E-state index contributed by atoms with van der Waals surface area (Å²) in [4.78, 5) is 32.9. The van der Waals surface area contributed by atoms with E-state index >= 15 is 0 Å². The Hall–Kier alpha value is -3.24. The molecule has 8 nitrogen and oxygen atoms in total. The van der Waals surface area contributed by atoms with Crippen LogP contribution in [0.15, 0.2) is 32.4 Å². The minimum absolute atomic E-state index is 0.212. The topological polar surface area (TPSA) is 101 Å². The van der Waals surface area contributed by atoms with Gasteiger partial charge in [0.15, 0.2) is 0 Å². The third kappa shape index (κ3) is 4.28. The Morgan fingerprint density at radius 3 is 2.34 bits per heavy atom. The highest BCUT2D eigenvalue weighted by Crippen LogP contribution is 2.29. The molecule has 2 aromatic heterocycles. The second-order valence-electron chi connectivity index (χ2n) is 7.57. The summed E-state index contributed by atoms with van der Waals surface area (Å²) in [5.74, 6) is -1.67. The van der Waals surface area contributed by atoms with E-state index in [1.165, 1.54) is 12.3 Å². The Morgan fingerprint density at radius 1 is 1.14 bits per heavy atom. The minimum Gasteiger partial charge on any atom is -0.375 e. The van der Waals surface area contributed by atoms with Gasteiger partial charge in [0.05, 0.1) is 12.2 Å². The van der Waals surface area contributed by atoms with Crippen LogP contribution in [-0.4, -0.2) is 27.7 Å². The largest absolute Gasteiger partial charge is 0.471 e. The number of halogens is 3. The maximum Gasteiger partial charge on any atom is 0.471 e. The zero-order valence-electron chi connectivity index (χ0n) is 16.1. The van der Waals surface area contributed by atoms with Gasteiger partial charge >= 0.3 is 12.1 Å². The molecule has 0 radical (unpaired) electrons. The summed E-state index contributed by atoms with van der Waals surface area (Å²) < 4.78 is 41.9.